The van der Waals surface area contributed by atoms with Gasteiger partial charge in [0, 0.05) is 18.8 Å². The lowest BCUT2D eigenvalue weighted by molar-refractivity contribution is -0.138. The van der Waals surface area contributed by atoms with Gasteiger partial charge in [0.25, 0.3) is 0 Å². The predicted molar refractivity (Wildman–Crippen MR) is 87.8 cm³/mol. The molecule has 3 nitrogen and oxygen atoms in total. The van der Waals surface area contributed by atoms with Crippen LogP contribution in [0.3, 0.4) is 0 Å². The number of oxime groups is 1. The molecule has 0 aromatic heterocycles. The summed E-state index contributed by atoms with van der Waals surface area (Å²) in [5.41, 5.74) is 2.11. The molecule has 2 atom stereocenters. The molecule has 2 aliphatic rings. The van der Waals surface area contributed by atoms with E-state index in [4.69, 9.17) is 4.84 Å². The van der Waals surface area contributed by atoms with Crippen LogP contribution in [0, 0.1) is 11.8 Å². The minimum atomic E-state index is -0.325. The van der Waals surface area contributed by atoms with Gasteiger partial charge in [0.15, 0.2) is 0 Å². The molecule has 0 N–H and O–H groups in total. The molecule has 1 heterocycles. The molecule has 0 amide bonds. The van der Waals surface area contributed by atoms with Gasteiger partial charge in [-0.3, -0.25) is 4.79 Å². The van der Waals surface area contributed by atoms with Gasteiger partial charge < -0.3 is 4.84 Å². The Labute approximate surface area is 132 Å². The molecule has 3 heteroatoms. The summed E-state index contributed by atoms with van der Waals surface area (Å²) in [6.07, 6.45) is 5.18. The molecule has 0 saturated heterocycles. The fourth-order valence-corrected chi connectivity index (χ4v) is 3.72. The van der Waals surface area contributed by atoms with Crippen LogP contribution < -0.4 is 0 Å². The number of carbonyl (C=O) groups excluding carboxylic acids is 1. The van der Waals surface area contributed by atoms with Crippen molar-refractivity contribution in [2.45, 2.75) is 58.0 Å². The third kappa shape index (κ3) is 3.23. The smallest absolute Gasteiger partial charge is 0.149 e. The number of nitrogens with zero attached hydrogens (tertiary/aromatic N) is 1. The molecule has 1 fully saturated rings. The lowest BCUT2D eigenvalue weighted by Gasteiger charge is -2.35. The highest BCUT2D eigenvalue weighted by molar-refractivity contribution is 5.89. The summed E-state index contributed by atoms with van der Waals surface area (Å²) >= 11 is 0. The van der Waals surface area contributed by atoms with Crippen molar-refractivity contribution < 1.29 is 9.63 Å². The topological polar surface area (TPSA) is 38.7 Å². The van der Waals surface area contributed by atoms with Gasteiger partial charge in [-0.05, 0) is 37.2 Å². The molecule has 1 saturated carbocycles. The molecule has 3 rings (SSSR count). The van der Waals surface area contributed by atoms with Crippen LogP contribution in [0.2, 0.25) is 0 Å². The van der Waals surface area contributed by atoms with E-state index in [1.165, 1.54) is 5.56 Å². The second-order valence-electron chi connectivity index (χ2n) is 7.13. The number of benzene rings is 1. The molecular weight excluding hydrogens is 274 g/mol. The number of rotatable bonds is 4. The maximum atomic E-state index is 12.4. The van der Waals surface area contributed by atoms with Crippen molar-refractivity contribution in [1.82, 2.24) is 0 Å². The lowest BCUT2D eigenvalue weighted by atomic mass is 9.72. The SMILES string of the molecule is CC(C)C1CCC2(CC1=O)CC(CCc1ccccc1)=NO2. The molecule has 1 aromatic carbocycles. The molecule has 1 aliphatic heterocycles. The highest BCUT2D eigenvalue weighted by atomic mass is 16.7. The molecule has 1 spiro atoms. The van der Waals surface area contributed by atoms with Crippen molar-refractivity contribution >= 4 is 11.5 Å². The van der Waals surface area contributed by atoms with Gasteiger partial charge in [0.05, 0.1) is 5.71 Å². The van der Waals surface area contributed by atoms with Crippen LogP contribution in [0.5, 0.6) is 0 Å². The van der Waals surface area contributed by atoms with Crippen LogP contribution in [0.15, 0.2) is 35.5 Å². The third-order valence-corrected chi connectivity index (χ3v) is 5.07. The molecule has 0 radical (unpaired) electrons. The van der Waals surface area contributed by atoms with Crippen molar-refractivity contribution in [2.75, 3.05) is 0 Å². The Morgan fingerprint density at radius 1 is 1.23 bits per heavy atom. The first-order valence-electron chi connectivity index (χ1n) is 8.38. The number of ketones is 1. The van der Waals surface area contributed by atoms with Gasteiger partial charge in [0.2, 0.25) is 0 Å². The zero-order valence-corrected chi connectivity index (χ0v) is 13.5. The Hall–Kier alpha value is -1.64. The third-order valence-electron chi connectivity index (χ3n) is 5.07. The minimum absolute atomic E-state index is 0.211. The molecule has 22 heavy (non-hydrogen) atoms. The summed E-state index contributed by atoms with van der Waals surface area (Å²) < 4.78 is 0. The van der Waals surface area contributed by atoms with Crippen LogP contribution in [-0.4, -0.2) is 17.1 Å². The molecule has 1 aliphatic carbocycles. The van der Waals surface area contributed by atoms with E-state index in [9.17, 15) is 4.79 Å². The summed E-state index contributed by atoms with van der Waals surface area (Å²) in [5.74, 6) is 1.01. The zero-order valence-electron chi connectivity index (χ0n) is 13.5. The first kappa shape index (κ1) is 15.3. The predicted octanol–water partition coefficient (Wildman–Crippen LogP) is 4.16. The van der Waals surface area contributed by atoms with Crippen LogP contribution >= 0.6 is 0 Å². The highest BCUT2D eigenvalue weighted by Crippen LogP contribution is 2.41. The van der Waals surface area contributed by atoms with Gasteiger partial charge in [-0.15, -0.1) is 0 Å². The summed E-state index contributed by atoms with van der Waals surface area (Å²) in [6.45, 7) is 4.27. The van der Waals surface area contributed by atoms with Crippen LogP contribution in [0.4, 0.5) is 0 Å². The molecule has 0 bridgehead atoms. The van der Waals surface area contributed by atoms with E-state index in [1.807, 2.05) is 6.07 Å². The van der Waals surface area contributed by atoms with Gasteiger partial charge in [-0.1, -0.05) is 49.3 Å². The molecular formula is C19H25NO2. The van der Waals surface area contributed by atoms with Gasteiger partial charge in [0.1, 0.15) is 11.4 Å². The Kier molecular flexibility index (Phi) is 4.32. The van der Waals surface area contributed by atoms with Gasteiger partial charge >= 0.3 is 0 Å². The van der Waals surface area contributed by atoms with E-state index in [0.29, 0.717) is 18.1 Å². The highest BCUT2D eigenvalue weighted by Gasteiger charge is 2.46. The first-order chi connectivity index (χ1) is 10.6. The normalized spacial score (nSPS) is 28.0. The Morgan fingerprint density at radius 3 is 2.68 bits per heavy atom. The van der Waals surface area contributed by atoms with Crippen molar-refractivity contribution in [3.05, 3.63) is 35.9 Å². The van der Waals surface area contributed by atoms with Gasteiger partial charge in [-0.25, -0.2) is 0 Å². The molecule has 118 valence electrons. The largest absolute Gasteiger partial charge is 0.388 e. The number of carbonyl (C=O) groups is 1. The standard InChI is InChI=1S/C19H25NO2/c1-14(2)17-10-11-19(13-18(17)21)12-16(20-22-19)9-8-15-6-4-3-5-7-15/h3-7,14,17H,8-13H2,1-2H3. The van der Waals surface area contributed by atoms with Crippen molar-refractivity contribution in [1.29, 1.82) is 0 Å². The van der Waals surface area contributed by atoms with E-state index in [1.54, 1.807) is 0 Å². The monoisotopic (exact) mass is 299 g/mol. The van der Waals surface area contributed by atoms with E-state index < -0.39 is 0 Å². The summed E-state index contributed by atoms with van der Waals surface area (Å²) in [5, 5.41) is 4.30. The maximum Gasteiger partial charge on any atom is 0.149 e. The van der Waals surface area contributed by atoms with Crippen molar-refractivity contribution in [3.63, 3.8) is 0 Å². The quantitative estimate of drug-likeness (QED) is 0.837. The fraction of sp³-hybridized carbons (Fsp3) is 0.579. The van der Waals surface area contributed by atoms with Crippen molar-refractivity contribution in [3.8, 4) is 0 Å². The second-order valence-corrected chi connectivity index (χ2v) is 7.13. The van der Waals surface area contributed by atoms with Crippen LogP contribution in [0.1, 0.15) is 51.5 Å². The van der Waals surface area contributed by atoms with Crippen molar-refractivity contribution in [2.24, 2.45) is 17.0 Å². The van der Waals surface area contributed by atoms with Crippen LogP contribution in [0.25, 0.3) is 0 Å². The number of Topliss-reactive ketones (excluding diaryl/α,β-unsaturated/α-hetero) is 1. The average molecular weight is 299 g/mol. The number of aryl methyl sites for hydroxylation is 1. The minimum Gasteiger partial charge on any atom is -0.388 e. The molecule has 2 unspecified atom stereocenters. The van der Waals surface area contributed by atoms with E-state index in [-0.39, 0.29) is 11.5 Å². The maximum absolute atomic E-state index is 12.4. The summed E-state index contributed by atoms with van der Waals surface area (Å²) in [4.78, 5) is 18.1. The first-order valence-corrected chi connectivity index (χ1v) is 8.38. The van der Waals surface area contributed by atoms with Crippen LogP contribution in [-0.2, 0) is 16.1 Å². The summed E-state index contributed by atoms with van der Waals surface area (Å²) in [6, 6.07) is 10.5. The van der Waals surface area contributed by atoms with E-state index >= 15 is 0 Å². The zero-order chi connectivity index (χ0) is 15.6. The Morgan fingerprint density at radius 2 is 2.00 bits per heavy atom. The lowest BCUT2D eigenvalue weighted by Crippen LogP contribution is -2.41. The Bertz CT molecular complexity index is 564. The fourth-order valence-electron chi connectivity index (χ4n) is 3.72. The summed E-state index contributed by atoms with van der Waals surface area (Å²) in [7, 11) is 0. The van der Waals surface area contributed by atoms with E-state index in [2.05, 4.69) is 43.3 Å². The molecule has 1 aromatic rings. The average Bonchev–Trinajstić information content (AvgIpc) is 2.88. The Balaban J connectivity index is 1.54. The number of hydrogen-bond acceptors (Lipinski definition) is 3. The second kappa shape index (κ2) is 6.23. The van der Waals surface area contributed by atoms with E-state index in [0.717, 1.165) is 37.8 Å². The number of hydrogen-bond donors (Lipinski definition) is 0. The van der Waals surface area contributed by atoms with Gasteiger partial charge in [-0.2, -0.15) is 0 Å².